The van der Waals surface area contributed by atoms with E-state index in [0.717, 1.165) is 25.6 Å². The van der Waals surface area contributed by atoms with Crippen LogP contribution in [-0.4, -0.2) is 32.8 Å². The van der Waals surface area contributed by atoms with Crippen molar-refractivity contribution >= 4 is 5.69 Å². The fraction of sp³-hybridized carbons (Fsp3) is 0.571. The molecular weight excluding hydrogens is 212 g/mol. The zero-order valence-electron chi connectivity index (χ0n) is 10.6. The van der Waals surface area contributed by atoms with E-state index in [-0.39, 0.29) is 0 Å². The molecule has 1 aromatic rings. The quantitative estimate of drug-likeness (QED) is 0.787. The molecule has 0 fully saturated rings. The molecule has 3 nitrogen and oxygen atoms in total. The fourth-order valence-corrected chi connectivity index (χ4v) is 2.48. The zero-order chi connectivity index (χ0) is 12.1. The van der Waals surface area contributed by atoms with E-state index in [4.69, 9.17) is 10.5 Å². The number of rotatable bonds is 5. The van der Waals surface area contributed by atoms with Crippen LogP contribution in [0.15, 0.2) is 24.3 Å². The molecule has 0 spiro atoms. The predicted octanol–water partition coefficient (Wildman–Crippen LogP) is 1.66. The summed E-state index contributed by atoms with van der Waals surface area (Å²) >= 11 is 0. The molecule has 0 amide bonds. The van der Waals surface area contributed by atoms with Gasteiger partial charge in [-0.2, -0.15) is 0 Å². The van der Waals surface area contributed by atoms with E-state index < -0.39 is 0 Å². The zero-order valence-corrected chi connectivity index (χ0v) is 10.6. The summed E-state index contributed by atoms with van der Waals surface area (Å²) in [6.07, 6.45) is 1.19. The van der Waals surface area contributed by atoms with E-state index in [0.29, 0.717) is 13.2 Å². The Kier molecular flexibility index (Phi) is 4.40. The summed E-state index contributed by atoms with van der Waals surface area (Å²) < 4.78 is 5.47. The van der Waals surface area contributed by atoms with Gasteiger partial charge in [0.2, 0.25) is 0 Å². The molecule has 0 radical (unpaired) electrons. The van der Waals surface area contributed by atoms with Gasteiger partial charge in [0.1, 0.15) is 0 Å². The number of hydrogen-bond donors (Lipinski definition) is 1. The number of nitrogens with zero attached hydrogens (tertiary/aromatic N) is 1. The lowest BCUT2D eigenvalue weighted by Gasteiger charge is -2.34. The van der Waals surface area contributed by atoms with Gasteiger partial charge in [0.25, 0.3) is 0 Å². The van der Waals surface area contributed by atoms with Crippen molar-refractivity contribution in [3.05, 3.63) is 29.8 Å². The summed E-state index contributed by atoms with van der Waals surface area (Å²) in [7, 11) is 0. The van der Waals surface area contributed by atoms with Crippen LogP contribution < -0.4 is 10.6 Å². The Bertz CT molecular complexity index is 354. The topological polar surface area (TPSA) is 38.5 Å². The van der Waals surface area contributed by atoms with E-state index in [2.05, 4.69) is 36.1 Å². The molecule has 1 heterocycles. The Hall–Kier alpha value is -1.06. The molecule has 1 aromatic carbocycles. The van der Waals surface area contributed by atoms with Gasteiger partial charge in [0, 0.05) is 25.3 Å². The van der Waals surface area contributed by atoms with Crippen molar-refractivity contribution in [1.82, 2.24) is 0 Å². The van der Waals surface area contributed by atoms with Crippen molar-refractivity contribution in [3.63, 3.8) is 0 Å². The highest BCUT2D eigenvalue weighted by Crippen LogP contribution is 2.28. The van der Waals surface area contributed by atoms with Gasteiger partial charge in [-0.15, -0.1) is 0 Å². The molecule has 17 heavy (non-hydrogen) atoms. The molecule has 2 rings (SSSR count). The summed E-state index contributed by atoms with van der Waals surface area (Å²) in [5.74, 6) is 0.722. The van der Waals surface area contributed by atoms with Crippen molar-refractivity contribution in [3.8, 4) is 0 Å². The van der Waals surface area contributed by atoms with E-state index in [1.54, 1.807) is 0 Å². The highest BCUT2D eigenvalue weighted by molar-refractivity contribution is 5.55. The minimum absolute atomic E-state index is 0.604. The summed E-state index contributed by atoms with van der Waals surface area (Å²) in [4.78, 5) is 2.43. The van der Waals surface area contributed by atoms with Crippen molar-refractivity contribution in [2.45, 2.75) is 13.3 Å². The van der Waals surface area contributed by atoms with E-state index in [9.17, 15) is 0 Å². The lowest BCUT2D eigenvalue weighted by atomic mass is 9.94. The van der Waals surface area contributed by atoms with Gasteiger partial charge in [0.05, 0.1) is 13.2 Å². The number of anilines is 1. The second-order valence-electron chi connectivity index (χ2n) is 4.79. The molecule has 1 aliphatic heterocycles. The Labute approximate surface area is 104 Å². The SMILES string of the molecule is CC1Cc2ccccc2N(CCOCCN)C1. The lowest BCUT2D eigenvalue weighted by Crippen LogP contribution is -2.36. The van der Waals surface area contributed by atoms with Crippen molar-refractivity contribution in [2.24, 2.45) is 11.7 Å². The number of para-hydroxylation sites is 1. The Morgan fingerprint density at radius 2 is 2.18 bits per heavy atom. The summed E-state index contributed by atoms with van der Waals surface area (Å²) in [6, 6.07) is 8.69. The average Bonchev–Trinajstić information content (AvgIpc) is 2.34. The van der Waals surface area contributed by atoms with Gasteiger partial charge in [0.15, 0.2) is 0 Å². The minimum Gasteiger partial charge on any atom is -0.378 e. The predicted molar refractivity (Wildman–Crippen MR) is 71.4 cm³/mol. The minimum atomic E-state index is 0.604. The van der Waals surface area contributed by atoms with Crippen molar-refractivity contribution in [1.29, 1.82) is 0 Å². The van der Waals surface area contributed by atoms with Crippen molar-refractivity contribution in [2.75, 3.05) is 37.7 Å². The maximum atomic E-state index is 5.47. The van der Waals surface area contributed by atoms with Gasteiger partial charge in [-0.25, -0.2) is 0 Å². The fourth-order valence-electron chi connectivity index (χ4n) is 2.48. The van der Waals surface area contributed by atoms with Crippen LogP contribution in [0.3, 0.4) is 0 Å². The molecule has 3 heteroatoms. The molecule has 0 aromatic heterocycles. The van der Waals surface area contributed by atoms with Crippen LogP contribution >= 0.6 is 0 Å². The number of ether oxygens (including phenoxy) is 1. The first kappa shape index (κ1) is 12.4. The van der Waals surface area contributed by atoms with Crippen LogP contribution in [0.25, 0.3) is 0 Å². The number of fused-ring (bicyclic) bond motifs is 1. The van der Waals surface area contributed by atoms with Gasteiger partial charge < -0.3 is 15.4 Å². The average molecular weight is 234 g/mol. The smallest absolute Gasteiger partial charge is 0.0642 e. The molecule has 0 aliphatic carbocycles. The summed E-state index contributed by atoms with van der Waals surface area (Å²) in [5.41, 5.74) is 8.25. The van der Waals surface area contributed by atoms with Crippen LogP contribution in [0.1, 0.15) is 12.5 Å². The molecule has 1 atom stereocenters. The van der Waals surface area contributed by atoms with Crippen LogP contribution in [-0.2, 0) is 11.2 Å². The standard InChI is InChI=1S/C14H22N2O/c1-12-10-13-4-2-3-5-14(13)16(11-12)7-9-17-8-6-15/h2-5,12H,6-11,15H2,1H3. The summed E-state index contributed by atoms with van der Waals surface area (Å²) in [5, 5.41) is 0. The molecule has 1 aliphatic rings. The second kappa shape index (κ2) is 6.03. The van der Waals surface area contributed by atoms with E-state index in [1.165, 1.54) is 17.7 Å². The maximum absolute atomic E-state index is 5.47. The molecular formula is C14H22N2O. The highest BCUT2D eigenvalue weighted by atomic mass is 16.5. The second-order valence-corrected chi connectivity index (χ2v) is 4.79. The normalized spacial score (nSPS) is 19.2. The first-order chi connectivity index (χ1) is 8.31. The van der Waals surface area contributed by atoms with Crippen molar-refractivity contribution < 1.29 is 4.74 Å². The number of benzene rings is 1. The number of hydrogen-bond acceptors (Lipinski definition) is 3. The molecule has 0 saturated carbocycles. The van der Waals surface area contributed by atoms with Crippen LogP contribution in [0, 0.1) is 5.92 Å². The van der Waals surface area contributed by atoms with Gasteiger partial charge >= 0.3 is 0 Å². The monoisotopic (exact) mass is 234 g/mol. The molecule has 1 unspecified atom stereocenters. The largest absolute Gasteiger partial charge is 0.378 e. The van der Waals surface area contributed by atoms with E-state index >= 15 is 0 Å². The summed E-state index contributed by atoms with van der Waals surface area (Å²) in [6.45, 7) is 6.42. The van der Waals surface area contributed by atoms with Gasteiger partial charge in [-0.3, -0.25) is 0 Å². The van der Waals surface area contributed by atoms with E-state index in [1.807, 2.05) is 0 Å². The van der Waals surface area contributed by atoms with Crippen LogP contribution in [0.4, 0.5) is 5.69 Å². The third kappa shape index (κ3) is 3.20. The molecule has 94 valence electrons. The van der Waals surface area contributed by atoms with Gasteiger partial charge in [-0.1, -0.05) is 25.1 Å². The molecule has 2 N–H and O–H groups in total. The Balaban J connectivity index is 1.97. The Morgan fingerprint density at radius 3 is 3.00 bits per heavy atom. The third-order valence-corrected chi connectivity index (χ3v) is 3.20. The molecule has 0 bridgehead atoms. The highest BCUT2D eigenvalue weighted by Gasteiger charge is 2.20. The number of nitrogens with two attached hydrogens (primary N) is 1. The maximum Gasteiger partial charge on any atom is 0.0642 e. The van der Waals surface area contributed by atoms with Gasteiger partial charge in [-0.05, 0) is 24.0 Å². The molecule has 0 saturated heterocycles. The Morgan fingerprint density at radius 1 is 1.35 bits per heavy atom. The first-order valence-corrected chi connectivity index (χ1v) is 6.42. The first-order valence-electron chi connectivity index (χ1n) is 6.42. The van der Waals surface area contributed by atoms with Crippen LogP contribution in [0.5, 0.6) is 0 Å². The third-order valence-electron chi connectivity index (χ3n) is 3.20. The lowest BCUT2D eigenvalue weighted by molar-refractivity contribution is 0.147. The van der Waals surface area contributed by atoms with Crippen LogP contribution in [0.2, 0.25) is 0 Å².